The van der Waals surface area contributed by atoms with E-state index in [0.29, 0.717) is 23.9 Å². The number of rotatable bonds is 9. The van der Waals surface area contributed by atoms with Crippen molar-refractivity contribution in [3.05, 3.63) is 126 Å². The Morgan fingerprint density at radius 1 is 0.826 bits per heavy atom. The summed E-state index contributed by atoms with van der Waals surface area (Å²) in [5.41, 5.74) is 6.47. The minimum Gasteiger partial charge on any atom is -0.497 e. The van der Waals surface area contributed by atoms with Crippen LogP contribution in [0.3, 0.4) is 0 Å². The zero-order valence-electron chi connectivity index (χ0n) is 25.8. The van der Waals surface area contributed by atoms with Crippen molar-refractivity contribution in [3.8, 4) is 34.2 Å². The highest BCUT2D eigenvalue weighted by Gasteiger charge is 2.42. The Balaban J connectivity index is 1.27. The van der Waals surface area contributed by atoms with Crippen LogP contribution in [0.25, 0.3) is 23.0 Å². The van der Waals surface area contributed by atoms with Gasteiger partial charge in [-0.25, -0.2) is 9.69 Å². The number of carbonyl (C=O) groups is 1. The molecule has 1 aromatic heterocycles. The molecular formula is C37H33N5O4. The third kappa shape index (κ3) is 5.26. The van der Waals surface area contributed by atoms with Crippen molar-refractivity contribution in [1.29, 1.82) is 0 Å². The van der Waals surface area contributed by atoms with Gasteiger partial charge in [-0.2, -0.15) is 5.10 Å². The molecular weight excluding hydrogens is 578 g/mol. The van der Waals surface area contributed by atoms with Gasteiger partial charge in [0.05, 0.1) is 38.4 Å². The SMILES string of the molecule is COc1ccc(N2N=C(C(=O)/C=C/c3cn(-c4ccccc4)nc3-c3ccccc3)N3CCc4cc(OC)c(OC)cc4C32)cc1. The van der Waals surface area contributed by atoms with Gasteiger partial charge in [0.15, 0.2) is 23.5 Å². The van der Waals surface area contributed by atoms with Crippen molar-refractivity contribution in [2.45, 2.75) is 12.6 Å². The summed E-state index contributed by atoms with van der Waals surface area (Å²) in [5, 5.41) is 11.7. The first-order valence-electron chi connectivity index (χ1n) is 15.0. The number of ketones is 1. The van der Waals surface area contributed by atoms with E-state index in [1.54, 1.807) is 27.4 Å². The second-order valence-corrected chi connectivity index (χ2v) is 11.0. The lowest BCUT2D eigenvalue weighted by molar-refractivity contribution is -0.109. The summed E-state index contributed by atoms with van der Waals surface area (Å²) >= 11 is 0. The monoisotopic (exact) mass is 611 g/mol. The highest BCUT2D eigenvalue weighted by atomic mass is 16.5. The van der Waals surface area contributed by atoms with E-state index < -0.39 is 0 Å². The predicted molar refractivity (Wildman–Crippen MR) is 179 cm³/mol. The van der Waals surface area contributed by atoms with E-state index in [9.17, 15) is 4.79 Å². The molecule has 2 aliphatic rings. The molecule has 0 saturated heterocycles. The first-order valence-corrected chi connectivity index (χ1v) is 15.0. The molecule has 0 aliphatic carbocycles. The number of fused-ring (bicyclic) bond motifs is 3. The molecule has 0 radical (unpaired) electrons. The molecule has 1 atom stereocenters. The average Bonchev–Trinajstić information content (AvgIpc) is 3.73. The van der Waals surface area contributed by atoms with Gasteiger partial charge in [-0.15, -0.1) is 5.10 Å². The fourth-order valence-corrected chi connectivity index (χ4v) is 6.03. The second-order valence-electron chi connectivity index (χ2n) is 11.0. The van der Waals surface area contributed by atoms with E-state index in [0.717, 1.165) is 51.5 Å². The number of ether oxygens (including phenoxy) is 3. The van der Waals surface area contributed by atoms with Crippen LogP contribution in [-0.2, 0) is 11.2 Å². The minimum atomic E-state index is -0.343. The van der Waals surface area contributed by atoms with Crippen molar-refractivity contribution in [2.75, 3.05) is 32.9 Å². The number of hydrogen-bond acceptors (Lipinski definition) is 8. The quantitative estimate of drug-likeness (QED) is 0.175. The number of nitrogens with zero attached hydrogens (tertiary/aromatic N) is 5. The molecule has 1 unspecified atom stereocenters. The average molecular weight is 612 g/mol. The Bertz CT molecular complexity index is 1930. The second kappa shape index (κ2) is 12.3. The van der Waals surface area contributed by atoms with Gasteiger partial charge in [-0.05, 0) is 72.7 Å². The molecule has 4 aromatic carbocycles. The first kappa shape index (κ1) is 28.9. The summed E-state index contributed by atoms with van der Waals surface area (Å²) in [6, 6.07) is 31.6. The van der Waals surface area contributed by atoms with Gasteiger partial charge in [0.2, 0.25) is 5.78 Å². The smallest absolute Gasteiger partial charge is 0.222 e. The van der Waals surface area contributed by atoms with Crippen molar-refractivity contribution in [2.24, 2.45) is 5.10 Å². The minimum absolute atomic E-state index is 0.198. The maximum atomic E-state index is 14.0. The number of benzene rings is 4. The number of aromatic nitrogens is 2. The number of hydrogen-bond donors (Lipinski definition) is 0. The van der Waals surface area contributed by atoms with Gasteiger partial charge in [0.1, 0.15) is 5.75 Å². The van der Waals surface area contributed by atoms with Gasteiger partial charge in [-0.3, -0.25) is 4.79 Å². The summed E-state index contributed by atoms with van der Waals surface area (Å²) in [6.07, 6.45) is 5.75. The largest absolute Gasteiger partial charge is 0.497 e. The van der Waals surface area contributed by atoms with Crippen LogP contribution in [0.4, 0.5) is 5.69 Å². The van der Waals surface area contributed by atoms with E-state index in [2.05, 4.69) is 4.90 Å². The molecule has 0 spiro atoms. The number of hydrazone groups is 1. The molecule has 9 nitrogen and oxygen atoms in total. The first-order chi connectivity index (χ1) is 22.6. The molecule has 9 heteroatoms. The third-order valence-electron chi connectivity index (χ3n) is 8.33. The van der Waals surface area contributed by atoms with Crippen molar-refractivity contribution in [1.82, 2.24) is 14.7 Å². The topological polar surface area (TPSA) is 81.4 Å². The fraction of sp³-hybridized carbons (Fsp3) is 0.162. The number of anilines is 1. The van der Waals surface area contributed by atoms with Crippen molar-refractivity contribution < 1.29 is 19.0 Å². The van der Waals surface area contributed by atoms with Crippen LogP contribution in [0, 0.1) is 0 Å². The zero-order chi connectivity index (χ0) is 31.6. The molecule has 0 N–H and O–H groups in total. The van der Waals surface area contributed by atoms with E-state index in [4.69, 9.17) is 24.4 Å². The lowest BCUT2D eigenvalue weighted by Crippen LogP contribution is -2.42. The van der Waals surface area contributed by atoms with Gasteiger partial charge in [0.25, 0.3) is 0 Å². The standard InChI is InChI=1S/C37H33N5O4/c1-44-30-17-15-29(16-18-30)42-37-31-23-34(46-3)33(45-2)22-26(31)20-21-40(37)36(39-42)32(43)19-14-27-24-41(28-12-8-5-9-13-28)38-35(27)25-10-6-4-7-11-25/h4-19,22-24,37H,20-21H2,1-3H3/b19-14+. The molecule has 0 fully saturated rings. The molecule has 3 heterocycles. The summed E-state index contributed by atoms with van der Waals surface area (Å²) in [6.45, 7) is 0.611. The normalized spacial score (nSPS) is 15.4. The number of methoxy groups -OCH3 is 3. The van der Waals surface area contributed by atoms with E-state index in [-0.39, 0.29) is 11.9 Å². The summed E-state index contributed by atoms with van der Waals surface area (Å²) < 4.78 is 18.5. The van der Waals surface area contributed by atoms with Crippen LogP contribution in [0.5, 0.6) is 17.2 Å². The molecule has 46 heavy (non-hydrogen) atoms. The molecule has 7 rings (SSSR count). The van der Waals surface area contributed by atoms with Crippen LogP contribution >= 0.6 is 0 Å². The highest BCUT2D eigenvalue weighted by Crippen LogP contribution is 2.44. The van der Waals surface area contributed by atoms with E-state index >= 15 is 0 Å². The maximum absolute atomic E-state index is 14.0. The Labute approximate surface area is 267 Å². The van der Waals surface area contributed by atoms with Gasteiger partial charge < -0.3 is 19.1 Å². The maximum Gasteiger partial charge on any atom is 0.222 e. The van der Waals surface area contributed by atoms with Crippen molar-refractivity contribution in [3.63, 3.8) is 0 Å². The molecule has 0 saturated carbocycles. The molecule has 0 amide bonds. The summed E-state index contributed by atoms with van der Waals surface area (Å²) in [7, 11) is 4.90. The number of para-hydroxylation sites is 1. The fourth-order valence-electron chi connectivity index (χ4n) is 6.03. The van der Waals surface area contributed by atoms with Crippen LogP contribution < -0.4 is 19.2 Å². The van der Waals surface area contributed by atoms with Crippen LogP contribution in [0.15, 0.2) is 114 Å². The Morgan fingerprint density at radius 2 is 1.52 bits per heavy atom. The number of carbonyl (C=O) groups excluding carboxylic acids is 1. The Morgan fingerprint density at radius 3 is 2.22 bits per heavy atom. The van der Waals surface area contributed by atoms with Crippen molar-refractivity contribution >= 4 is 23.4 Å². The van der Waals surface area contributed by atoms with Gasteiger partial charge >= 0.3 is 0 Å². The zero-order valence-corrected chi connectivity index (χ0v) is 25.8. The lowest BCUT2D eigenvalue weighted by atomic mass is 9.95. The molecule has 0 bridgehead atoms. The molecule has 2 aliphatic heterocycles. The van der Waals surface area contributed by atoms with Crippen LogP contribution in [-0.4, -0.2) is 54.2 Å². The molecule has 230 valence electrons. The van der Waals surface area contributed by atoms with Crippen LogP contribution in [0.1, 0.15) is 22.9 Å². The van der Waals surface area contributed by atoms with E-state index in [1.807, 2.05) is 119 Å². The van der Waals surface area contributed by atoms with Crippen LogP contribution in [0.2, 0.25) is 0 Å². The summed E-state index contributed by atoms with van der Waals surface area (Å²) in [5.74, 6) is 2.21. The highest BCUT2D eigenvalue weighted by molar-refractivity contribution is 6.44. The van der Waals surface area contributed by atoms with Gasteiger partial charge in [0, 0.05) is 29.4 Å². The summed E-state index contributed by atoms with van der Waals surface area (Å²) in [4.78, 5) is 16.1. The molecule has 5 aromatic rings. The van der Waals surface area contributed by atoms with Gasteiger partial charge in [-0.1, -0.05) is 48.5 Å². The Hall–Kier alpha value is -5.83. The Kier molecular flexibility index (Phi) is 7.72. The number of amidine groups is 1. The lowest BCUT2D eigenvalue weighted by Gasteiger charge is -2.37. The predicted octanol–water partition coefficient (Wildman–Crippen LogP) is 6.54. The third-order valence-corrected chi connectivity index (χ3v) is 8.33. The van der Waals surface area contributed by atoms with E-state index in [1.165, 1.54) is 0 Å².